The Bertz CT molecular complexity index is 547. The zero-order valence-electron chi connectivity index (χ0n) is 15.8. The van der Waals surface area contributed by atoms with E-state index in [0.717, 1.165) is 26.2 Å². The first-order chi connectivity index (χ1) is 11.9. The molecule has 1 aromatic heterocycles. The normalized spacial score (nSPS) is 18.6. The standard InChI is InChI=1S/C19H31N3O2S/c1-14(2)11-22(12-15(3)4)18(23)10-17-19(24)20-7-8-21(17)13-16-6-5-9-25-16/h5-6,9,14-15,17H,7-8,10-13H2,1-4H3,(H,20,24)/t17-/m1/s1. The highest BCUT2D eigenvalue weighted by Gasteiger charge is 2.33. The van der Waals surface area contributed by atoms with Crippen LogP contribution in [-0.4, -0.2) is 53.8 Å². The maximum Gasteiger partial charge on any atom is 0.237 e. The van der Waals surface area contributed by atoms with E-state index in [4.69, 9.17) is 0 Å². The average molecular weight is 366 g/mol. The van der Waals surface area contributed by atoms with Crippen LogP contribution in [-0.2, 0) is 16.1 Å². The van der Waals surface area contributed by atoms with E-state index in [-0.39, 0.29) is 24.3 Å². The molecule has 5 nitrogen and oxygen atoms in total. The van der Waals surface area contributed by atoms with Crippen LogP contribution in [0.15, 0.2) is 17.5 Å². The highest BCUT2D eigenvalue weighted by atomic mass is 32.1. The van der Waals surface area contributed by atoms with Gasteiger partial charge in [0.05, 0.1) is 12.5 Å². The van der Waals surface area contributed by atoms with Crippen LogP contribution < -0.4 is 5.32 Å². The molecule has 2 heterocycles. The van der Waals surface area contributed by atoms with Crippen LogP contribution in [0.2, 0.25) is 0 Å². The van der Waals surface area contributed by atoms with E-state index in [1.165, 1.54) is 4.88 Å². The van der Waals surface area contributed by atoms with E-state index >= 15 is 0 Å². The Morgan fingerprint density at radius 3 is 2.56 bits per heavy atom. The van der Waals surface area contributed by atoms with Gasteiger partial charge in [-0.1, -0.05) is 33.8 Å². The molecule has 1 aromatic rings. The van der Waals surface area contributed by atoms with Gasteiger partial charge in [0.2, 0.25) is 11.8 Å². The molecule has 0 aromatic carbocycles. The van der Waals surface area contributed by atoms with Crippen molar-refractivity contribution < 1.29 is 9.59 Å². The highest BCUT2D eigenvalue weighted by Crippen LogP contribution is 2.18. The van der Waals surface area contributed by atoms with Crippen LogP contribution in [0.3, 0.4) is 0 Å². The Kier molecular flexibility index (Phi) is 7.44. The first-order valence-electron chi connectivity index (χ1n) is 9.18. The Hall–Kier alpha value is -1.40. The Morgan fingerprint density at radius 2 is 2.00 bits per heavy atom. The number of hydrogen-bond donors (Lipinski definition) is 1. The molecule has 2 amide bonds. The number of thiophene rings is 1. The van der Waals surface area contributed by atoms with Gasteiger partial charge in [0.15, 0.2) is 0 Å². The van der Waals surface area contributed by atoms with Gasteiger partial charge in [-0.3, -0.25) is 14.5 Å². The summed E-state index contributed by atoms with van der Waals surface area (Å²) in [6, 6.07) is 3.74. The second-order valence-electron chi connectivity index (χ2n) is 7.65. The van der Waals surface area contributed by atoms with E-state index < -0.39 is 0 Å². The number of carbonyl (C=O) groups excluding carboxylic acids is 2. The number of amides is 2. The Balaban J connectivity index is 2.06. The molecule has 0 radical (unpaired) electrons. The van der Waals surface area contributed by atoms with Crippen molar-refractivity contribution in [1.29, 1.82) is 0 Å². The van der Waals surface area contributed by atoms with Crippen LogP contribution in [0.5, 0.6) is 0 Å². The van der Waals surface area contributed by atoms with E-state index in [2.05, 4.69) is 44.0 Å². The third-order valence-electron chi connectivity index (χ3n) is 4.27. The Morgan fingerprint density at radius 1 is 1.32 bits per heavy atom. The summed E-state index contributed by atoms with van der Waals surface area (Å²) < 4.78 is 0. The van der Waals surface area contributed by atoms with Crippen LogP contribution >= 0.6 is 11.3 Å². The number of nitrogens with zero attached hydrogens (tertiary/aromatic N) is 2. The van der Waals surface area contributed by atoms with Crippen LogP contribution in [0.4, 0.5) is 0 Å². The van der Waals surface area contributed by atoms with Crippen molar-refractivity contribution in [2.75, 3.05) is 26.2 Å². The van der Waals surface area contributed by atoms with E-state index in [9.17, 15) is 9.59 Å². The summed E-state index contributed by atoms with van der Waals surface area (Å²) in [6.45, 7) is 12.2. The van der Waals surface area contributed by atoms with Gasteiger partial charge in [-0.05, 0) is 23.3 Å². The van der Waals surface area contributed by atoms with E-state index in [1.807, 2.05) is 16.3 Å². The van der Waals surface area contributed by atoms with Crippen molar-refractivity contribution in [1.82, 2.24) is 15.1 Å². The third kappa shape index (κ3) is 6.12. The van der Waals surface area contributed by atoms with Crippen molar-refractivity contribution in [3.63, 3.8) is 0 Å². The van der Waals surface area contributed by atoms with Gasteiger partial charge in [-0.2, -0.15) is 0 Å². The lowest BCUT2D eigenvalue weighted by Gasteiger charge is -2.36. The molecule has 25 heavy (non-hydrogen) atoms. The van der Waals surface area contributed by atoms with Crippen molar-refractivity contribution in [3.8, 4) is 0 Å². The van der Waals surface area contributed by atoms with E-state index in [1.54, 1.807) is 11.3 Å². The first kappa shape index (κ1) is 19.9. The van der Waals surface area contributed by atoms with Gasteiger partial charge in [0.25, 0.3) is 0 Å². The fourth-order valence-electron chi connectivity index (χ4n) is 3.23. The molecule has 1 N–H and O–H groups in total. The minimum absolute atomic E-state index is 0.0230. The molecule has 0 aliphatic carbocycles. The minimum atomic E-state index is -0.370. The number of hydrogen-bond acceptors (Lipinski definition) is 4. The quantitative estimate of drug-likeness (QED) is 0.770. The molecule has 140 valence electrons. The number of rotatable bonds is 8. The van der Waals surface area contributed by atoms with Crippen LogP contribution in [0, 0.1) is 11.8 Å². The van der Waals surface area contributed by atoms with Gasteiger partial charge in [0, 0.05) is 37.6 Å². The molecule has 1 aliphatic heterocycles. The van der Waals surface area contributed by atoms with Gasteiger partial charge in [-0.15, -0.1) is 11.3 Å². The summed E-state index contributed by atoms with van der Waals surface area (Å²) >= 11 is 1.69. The maximum absolute atomic E-state index is 12.9. The van der Waals surface area contributed by atoms with Crippen LogP contribution in [0.1, 0.15) is 39.0 Å². The molecular formula is C19H31N3O2S. The molecule has 1 saturated heterocycles. The molecule has 0 unspecified atom stereocenters. The molecule has 1 fully saturated rings. The first-order valence-corrected chi connectivity index (χ1v) is 10.1. The zero-order valence-corrected chi connectivity index (χ0v) is 16.6. The smallest absolute Gasteiger partial charge is 0.237 e. The second kappa shape index (κ2) is 9.34. The molecular weight excluding hydrogens is 334 g/mol. The predicted molar refractivity (Wildman–Crippen MR) is 102 cm³/mol. The average Bonchev–Trinajstić information content (AvgIpc) is 3.02. The summed E-state index contributed by atoms with van der Waals surface area (Å²) in [5.41, 5.74) is 0. The number of piperazine rings is 1. The predicted octanol–water partition coefficient (Wildman–Crippen LogP) is 2.58. The fourth-order valence-corrected chi connectivity index (χ4v) is 3.96. The molecule has 1 atom stereocenters. The van der Waals surface area contributed by atoms with Gasteiger partial charge in [0.1, 0.15) is 0 Å². The van der Waals surface area contributed by atoms with Crippen LogP contribution in [0.25, 0.3) is 0 Å². The van der Waals surface area contributed by atoms with Crippen molar-refractivity contribution in [3.05, 3.63) is 22.4 Å². The molecule has 0 bridgehead atoms. The lowest BCUT2D eigenvalue weighted by Crippen LogP contribution is -2.56. The lowest BCUT2D eigenvalue weighted by molar-refractivity contribution is -0.139. The van der Waals surface area contributed by atoms with Crippen molar-refractivity contribution in [2.45, 2.75) is 46.7 Å². The Labute approximate surface area is 155 Å². The largest absolute Gasteiger partial charge is 0.353 e. The molecule has 0 spiro atoms. The van der Waals surface area contributed by atoms with Crippen molar-refractivity contribution in [2.24, 2.45) is 11.8 Å². The lowest BCUT2D eigenvalue weighted by atomic mass is 10.1. The molecule has 1 aliphatic rings. The summed E-state index contributed by atoms with van der Waals surface area (Å²) in [7, 11) is 0. The van der Waals surface area contributed by atoms with Gasteiger partial charge < -0.3 is 10.2 Å². The van der Waals surface area contributed by atoms with E-state index in [0.29, 0.717) is 18.4 Å². The number of carbonyl (C=O) groups is 2. The minimum Gasteiger partial charge on any atom is -0.353 e. The SMILES string of the molecule is CC(C)CN(CC(C)C)C(=O)C[C@@H]1C(=O)NCCN1Cc1cccs1. The second-order valence-corrected chi connectivity index (χ2v) is 8.68. The highest BCUT2D eigenvalue weighted by molar-refractivity contribution is 7.09. The zero-order chi connectivity index (χ0) is 18.4. The summed E-state index contributed by atoms with van der Waals surface area (Å²) in [5, 5.41) is 4.97. The monoisotopic (exact) mass is 365 g/mol. The topological polar surface area (TPSA) is 52.7 Å². The van der Waals surface area contributed by atoms with Crippen molar-refractivity contribution >= 4 is 23.2 Å². The summed E-state index contributed by atoms with van der Waals surface area (Å²) in [5.74, 6) is 0.904. The maximum atomic E-state index is 12.9. The third-order valence-corrected chi connectivity index (χ3v) is 5.13. The number of nitrogens with one attached hydrogen (secondary N) is 1. The molecule has 6 heteroatoms. The summed E-state index contributed by atoms with van der Waals surface area (Å²) in [6.07, 6.45) is 0.261. The summed E-state index contributed by atoms with van der Waals surface area (Å²) in [4.78, 5) is 30.6. The van der Waals surface area contributed by atoms with Gasteiger partial charge in [-0.25, -0.2) is 0 Å². The van der Waals surface area contributed by atoms with Gasteiger partial charge >= 0.3 is 0 Å². The fraction of sp³-hybridized carbons (Fsp3) is 0.684. The molecule has 0 saturated carbocycles. The molecule has 2 rings (SSSR count).